The van der Waals surface area contributed by atoms with Gasteiger partial charge in [-0.05, 0) is 24.6 Å². The Kier molecular flexibility index (Phi) is 6.29. The zero-order valence-electron chi connectivity index (χ0n) is 17.4. The smallest absolute Gasteiger partial charge is 0.352 e. The number of benzene rings is 1. The number of hydrogen-bond acceptors (Lipinski definition) is 5. The molecule has 0 N–H and O–H groups in total. The second-order valence-electron chi connectivity index (χ2n) is 7.81. The van der Waals surface area contributed by atoms with Crippen molar-refractivity contribution in [2.75, 3.05) is 37.6 Å². The van der Waals surface area contributed by atoms with Crippen molar-refractivity contribution in [3.05, 3.63) is 58.2 Å². The van der Waals surface area contributed by atoms with Crippen LogP contribution in [0.3, 0.4) is 0 Å². The molecule has 2 aliphatic rings. The van der Waals surface area contributed by atoms with Crippen LogP contribution in [0.1, 0.15) is 39.1 Å². The average Bonchev–Trinajstić information content (AvgIpc) is 3.03. The summed E-state index contributed by atoms with van der Waals surface area (Å²) in [6, 6.07) is 7.46. The Bertz CT molecular complexity index is 1070. The normalized spacial score (nSPS) is 16.4. The summed E-state index contributed by atoms with van der Waals surface area (Å²) in [5.41, 5.74) is -0.163. The molecular weight excluding hydrogens is 461 g/mol. The van der Waals surface area contributed by atoms with Gasteiger partial charge in [0.15, 0.2) is 0 Å². The molecule has 1 aromatic carbocycles. The van der Waals surface area contributed by atoms with E-state index < -0.39 is 11.7 Å². The zero-order chi connectivity index (χ0) is 23.8. The van der Waals surface area contributed by atoms with E-state index in [-0.39, 0.29) is 41.5 Å². The molecule has 0 bridgehead atoms. The first-order chi connectivity index (χ1) is 15.7. The molecule has 0 unspecified atom stereocenters. The summed E-state index contributed by atoms with van der Waals surface area (Å²) in [5, 5.41) is -0.0921. The van der Waals surface area contributed by atoms with Crippen LogP contribution in [-0.2, 0) is 11.0 Å². The Hall–Kier alpha value is -3.14. The van der Waals surface area contributed by atoms with Crippen LogP contribution in [0.4, 0.5) is 19.0 Å². The fourth-order valence-corrected chi connectivity index (χ4v) is 4.26. The molecule has 174 valence electrons. The number of amides is 3. The third kappa shape index (κ3) is 4.66. The van der Waals surface area contributed by atoms with Crippen LogP contribution in [0.15, 0.2) is 36.5 Å². The maximum Gasteiger partial charge on any atom is 0.417 e. The van der Waals surface area contributed by atoms with E-state index in [0.29, 0.717) is 43.7 Å². The van der Waals surface area contributed by atoms with Crippen LogP contribution >= 0.6 is 11.6 Å². The highest BCUT2D eigenvalue weighted by Gasteiger charge is 2.35. The quantitative estimate of drug-likeness (QED) is 0.613. The second kappa shape index (κ2) is 9.01. The number of piperazine rings is 1. The molecule has 0 radical (unpaired) electrons. The lowest BCUT2D eigenvalue weighted by Crippen LogP contribution is -2.49. The highest BCUT2D eigenvalue weighted by molar-refractivity contribution is 6.33. The van der Waals surface area contributed by atoms with Gasteiger partial charge in [-0.25, -0.2) is 4.98 Å². The Morgan fingerprint density at radius 1 is 1.03 bits per heavy atom. The van der Waals surface area contributed by atoms with Crippen LogP contribution < -0.4 is 4.90 Å². The summed E-state index contributed by atoms with van der Waals surface area (Å²) < 4.78 is 38.4. The van der Waals surface area contributed by atoms with Gasteiger partial charge in [-0.2, -0.15) is 13.2 Å². The standard InChI is InChI=1S/C22H20ClF3N4O3/c23-17-12-14(22(24,25)26)13-27-19(17)29-10-8-28(9-11-29)18(31)6-3-7-30-20(32)15-4-1-2-5-16(15)21(30)33/h1-2,4-5,12-13H,3,6-11H2. The van der Waals surface area contributed by atoms with Crippen molar-refractivity contribution >= 4 is 35.1 Å². The lowest BCUT2D eigenvalue weighted by molar-refractivity contribution is -0.137. The van der Waals surface area contributed by atoms with Gasteiger partial charge >= 0.3 is 6.18 Å². The van der Waals surface area contributed by atoms with Gasteiger partial charge in [0.05, 0.1) is 21.7 Å². The summed E-state index contributed by atoms with van der Waals surface area (Å²) >= 11 is 6.01. The van der Waals surface area contributed by atoms with Crippen molar-refractivity contribution in [2.45, 2.75) is 19.0 Å². The fourth-order valence-electron chi connectivity index (χ4n) is 3.97. The zero-order valence-corrected chi connectivity index (χ0v) is 18.2. The Balaban J connectivity index is 1.27. The average molecular weight is 481 g/mol. The van der Waals surface area contributed by atoms with Gasteiger partial charge in [-0.1, -0.05) is 23.7 Å². The first-order valence-corrected chi connectivity index (χ1v) is 10.8. The minimum absolute atomic E-state index is 0.0921. The van der Waals surface area contributed by atoms with Crippen molar-refractivity contribution in [1.29, 1.82) is 0 Å². The van der Waals surface area contributed by atoms with E-state index in [2.05, 4.69) is 4.98 Å². The molecule has 3 amide bonds. The second-order valence-corrected chi connectivity index (χ2v) is 8.21. The van der Waals surface area contributed by atoms with E-state index in [1.807, 2.05) is 0 Å². The van der Waals surface area contributed by atoms with Gasteiger partial charge in [0.2, 0.25) is 5.91 Å². The summed E-state index contributed by atoms with van der Waals surface area (Å²) in [4.78, 5) is 45.8. The van der Waals surface area contributed by atoms with E-state index in [0.717, 1.165) is 17.2 Å². The molecule has 0 atom stereocenters. The van der Waals surface area contributed by atoms with Gasteiger partial charge in [-0.15, -0.1) is 0 Å². The number of anilines is 1. The molecule has 0 aliphatic carbocycles. The molecular formula is C22H20ClF3N4O3. The number of nitrogens with zero attached hydrogens (tertiary/aromatic N) is 4. The molecule has 1 fully saturated rings. The van der Waals surface area contributed by atoms with Crippen LogP contribution in [0.2, 0.25) is 5.02 Å². The third-order valence-corrected chi connectivity index (χ3v) is 6.01. The van der Waals surface area contributed by atoms with Crippen LogP contribution in [-0.4, -0.2) is 65.2 Å². The monoisotopic (exact) mass is 480 g/mol. The van der Waals surface area contributed by atoms with Gasteiger partial charge < -0.3 is 9.80 Å². The third-order valence-electron chi connectivity index (χ3n) is 5.73. The highest BCUT2D eigenvalue weighted by Crippen LogP contribution is 2.33. The molecule has 2 aromatic rings. The number of aromatic nitrogens is 1. The summed E-state index contributed by atoms with van der Waals surface area (Å²) in [6.45, 7) is 1.64. The lowest BCUT2D eigenvalue weighted by atomic mass is 10.1. The van der Waals surface area contributed by atoms with Crippen molar-refractivity contribution in [1.82, 2.24) is 14.8 Å². The number of fused-ring (bicyclic) bond motifs is 1. The number of alkyl halides is 3. The number of pyridine rings is 1. The van der Waals surface area contributed by atoms with Gasteiger partial charge in [0, 0.05) is 45.3 Å². The largest absolute Gasteiger partial charge is 0.417 e. The number of hydrogen-bond donors (Lipinski definition) is 0. The van der Waals surface area contributed by atoms with E-state index in [1.165, 1.54) is 0 Å². The lowest BCUT2D eigenvalue weighted by Gasteiger charge is -2.36. The number of halogens is 4. The molecule has 0 saturated carbocycles. The molecule has 1 saturated heterocycles. The van der Waals surface area contributed by atoms with Crippen LogP contribution in [0.25, 0.3) is 0 Å². The maximum atomic E-state index is 12.8. The molecule has 3 heterocycles. The Morgan fingerprint density at radius 2 is 1.64 bits per heavy atom. The molecule has 1 aromatic heterocycles. The van der Waals surface area contributed by atoms with E-state index >= 15 is 0 Å². The summed E-state index contributed by atoms with van der Waals surface area (Å²) in [5.74, 6) is -0.560. The molecule has 11 heteroatoms. The van der Waals surface area contributed by atoms with E-state index in [1.54, 1.807) is 34.1 Å². The topological polar surface area (TPSA) is 73.8 Å². The van der Waals surface area contributed by atoms with Crippen molar-refractivity contribution < 1.29 is 27.6 Å². The number of rotatable bonds is 5. The maximum absolute atomic E-state index is 12.8. The number of carbonyl (C=O) groups is 3. The SMILES string of the molecule is O=C(CCCN1C(=O)c2ccccc2C1=O)N1CCN(c2ncc(C(F)(F)F)cc2Cl)CC1. The molecule has 0 spiro atoms. The molecule has 7 nitrogen and oxygen atoms in total. The van der Waals surface area contributed by atoms with E-state index in [9.17, 15) is 27.6 Å². The van der Waals surface area contributed by atoms with Gasteiger partial charge in [0.1, 0.15) is 5.82 Å². The Morgan fingerprint density at radius 3 is 2.18 bits per heavy atom. The summed E-state index contributed by atoms with van der Waals surface area (Å²) in [6.07, 6.45) is -3.26. The number of carbonyl (C=O) groups excluding carboxylic acids is 3. The fraction of sp³-hybridized carbons (Fsp3) is 0.364. The van der Waals surface area contributed by atoms with Gasteiger partial charge in [0.25, 0.3) is 11.8 Å². The first kappa shape index (κ1) is 23.0. The molecule has 33 heavy (non-hydrogen) atoms. The van der Waals surface area contributed by atoms with E-state index in [4.69, 9.17) is 11.6 Å². The predicted molar refractivity (Wildman–Crippen MR) is 114 cm³/mol. The first-order valence-electron chi connectivity index (χ1n) is 10.4. The minimum Gasteiger partial charge on any atom is -0.352 e. The van der Waals surface area contributed by atoms with Crippen LogP contribution in [0, 0.1) is 0 Å². The highest BCUT2D eigenvalue weighted by atomic mass is 35.5. The van der Waals surface area contributed by atoms with Crippen molar-refractivity contribution in [2.24, 2.45) is 0 Å². The van der Waals surface area contributed by atoms with Gasteiger partial charge in [-0.3, -0.25) is 19.3 Å². The summed E-state index contributed by atoms with van der Waals surface area (Å²) in [7, 11) is 0. The van der Waals surface area contributed by atoms with Crippen molar-refractivity contribution in [3.8, 4) is 0 Å². The predicted octanol–water partition coefficient (Wildman–Crippen LogP) is 3.48. The molecule has 4 rings (SSSR count). The number of imide groups is 1. The minimum atomic E-state index is -4.52. The van der Waals surface area contributed by atoms with Crippen molar-refractivity contribution in [3.63, 3.8) is 0 Å². The molecule has 2 aliphatic heterocycles. The van der Waals surface area contributed by atoms with Crippen LogP contribution in [0.5, 0.6) is 0 Å². The Labute approximate surface area is 192 Å².